The third kappa shape index (κ3) is 3.10. The first-order valence-corrected chi connectivity index (χ1v) is 7.48. The largest absolute Gasteiger partial charge is 0.487 e. The first-order valence-electron chi connectivity index (χ1n) is 7.48. The minimum Gasteiger partial charge on any atom is -0.487 e. The third-order valence-electron chi connectivity index (χ3n) is 3.80. The minimum absolute atomic E-state index is 0.184. The van der Waals surface area contributed by atoms with Crippen LogP contribution in [-0.4, -0.2) is 23.7 Å². The molecule has 3 nitrogen and oxygen atoms in total. The number of hydrogen-bond acceptors (Lipinski definition) is 3. The molecule has 1 heterocycles. The monoisotopic (exact) mass is 270 g/mol. The number of ether oxygens (including phenoxy) is 1. The smallest absolute Gasteiger partial charge is 0.146 e. The molecule has 1 N–H and O–H groups in total. The molecule has 1 fully saturated rings. The Kier molecular flexibility index (Phi) is 3.88. The SMILES string of the molecule is CC(C)C(CNC1CC1)Oc1cccc2cccnc12. The van der Waals surface area contributed by atoms with Crippen molar-refractivity contribution in [2.75, 3.05) is 6.54 Å². The summed E-state index contributed by atoms with van der Waals surface area (Å²) in [6.07, 6.45) is 4.62. The van der Waals surface area contributed by atoms with Crippen LogP contribution in [0.2, 0.25) is 0 Å². The van der Waals surface area contributed by atoms with E-state index in [1.54, 1.807) is 0 Å². The molecule has 1 aromatic heterocycles. The number of fused-ring (bicyclic) bond motifs is 1. The van der Waals surface area contributed by atoms with Crippen LogP contribution in [0.3, 0.4) is 0 Å². The van der Waals surface area contributed by atoms with Gasteiger partial charge in [0.15, 0.2) is 0 Å². The van der Waals surface area contributed by atoms with Gasteiger partial charge in [0, 0.05) is 24.2 Å². The molecule has 20 heavy (non-hydrogen) atoms. The van der Waals surface area contributed by atoms with Gasteiger partial charge in [-0.2, -0.15) is 0 Å². The zero-order valence-corrected chi connectivity index (χ0v) is 12.2. The van der Waals surface area contributed by atoms with Crippen molar-refractivity contribution in [1.82, 2.24) is 10.3 Å². The highest BCUT2D eigenvalue weighted by Gasteiger charge is 2.24. The Morgan fingerprint density at radius 2 is 2.05 bits per heavy atom. The lowest BCUT2D eigenvalue weighted by molar-refractivity contribution is 0.150. The highest BCUT2D eigenvalue weighted by Crippen LogP contribution is 2.26. The van der Waals surface area contributed by atoms with Crippen molar-refractivity contribution in [2.45, 2.75) is 38.8 Å². The molecular formula is C17H22N2O. The van der Waals surface area contributed by atoms with E-state index in [4.69, 9.17) is 4.74 Å². The average Bonchev–Trinajstić information content (AvgIpc) is 3.27. The second kappa shape index (κ2) is 5.80. The van der Waals surface area contributed by atoms with E-state index in [9.17, 15) is 0 Å². The van der Waals surface area contributed by atoms with Gasteiger partial charge in [-0.1, -0.05) is 32.0 Å². The van der Waals surface area contributed by atoms with Gasteiger partial charge in [0.25, 0.3) is 0 Å². The number of pyridine rings is 1. The number of aromatic nitrogens is 1. The van der Waals surface area contributed by atoms with Gasteiger partial charge >= 0.3 is 0 Å². The summed E-state index contributed by atoms with van der Waals surface area (Å²) in [5, 5.41) is 4.69. The highest BCUT2D eigenvalue weighted by molar-refractivity contribution is 5.84. The Morgan fingerprint density at radius 3 is 2.80 bits per heavy atom. The van der Waals surface area contributed by atoms with E-state index >= 15 is 0 Å². The zero-order valence-electron chi connectivity index (χ0n) is 12.2. The predicted octanol–water partition coefficient (Wildman–Crippen LogP) is 3.39. The van der Waals surface area contributed by atoms with Crippen LogP contribution in [0.1, 0.15) is 26.7 Å². The van der Waals surface area contributed by atoms with Crippen molar-refractivity contribution in [1.29, 1.82) is 0 Å². The van der Waals surface area contributed by atoms with Gasteiger partial charge in [0.2, 0.25) is 0 Å². The van der Waals surface area contributed by atoms with Crippen LogP contribution in [0, 0.1) is 5.92 Å². The van der Waals surface area contributed by atoms with E-state index in [2.05, 4.69) is 36.3 Å². The molecule has 3 rings (SSSR count). The molecular weight excluding hydrogens is 248 g/mol. The van der Waals surface area contributed by atoms with Gasteiger partial charge in [-0.05, 0) is 30.9 Å². The van der Waals surface area contributed by atoms with Gasteiger partial charge in [-0.25, -0.2) is 0 Å². The molecule has 1 aliphatic carbocycles. The molecule has 1 saturated carbocycles. The number of nitrogens with zero attached hydrogens (tertiary/aromatic N) is 1. The first kappa shape index (κ1) is 13.4. The Balaban J connectivity index is 1.78. The van der Waals surface area contributed by atoms with Crippen LogP contribution in [-0.2, 0) is 0 Å². The number of para-hydroxylation sites is 1. The highest BCUT2D eigenvalue weighted by atomic mass is 16.5. The summed E-state index contributed by atoms with van der Waals surface area (Å²) in [6.45, 7) is 5.32. The molecule has 0 bridgehead atoms. The molecule has 1 unspecified atom stereocenters. The van der Waals surface area contributed by atoms with Crippen molar-refractivity contribution in [3.63, 3.8) is 0 Å². The van der Waals surface area contributed by atoms with E-state index in [0.29, 0.717) is 12.0 Å². The Bertz CT molecular complexity index is 573. The summed E-state index contributed by atoms with van der Waals surface area (Å²) < 4.78 is 6.24. The molecule has 1 atom stereocenters. The fourth-order valence-electron chi connectivity index (χ4n) is 2.32. The van der Waals surface area contributed by atoms with Crippen molar-refractivity contribution < 1.29 is 4.74 Å². The quantitative estimate of drug-likeness (QED) is 0.873. The van der Waals surface area contributed by atoms with Gasteiger partial charge < -0.3 is 10.1 Å². The Hall–Kier alpha value is -1.61. The van der Waals surface area contributed by atoms with Crippen LogP contribution < -0.4 is 10.1 Å². The zero-order chi connectivity index (χ0) is 13.9. The molecule has 2 aromatic rings. The summed E-state index contributed by atoms with van der Waals surface area (Å²) in [5.41, 5.74) is 0.951. The van der Waals surface area contributed by atoms with Crippen LogP contribution in [0.25, 0.3) is 10.9 Å². The molecule has 0 amide bonds. The van der Waals surface area contributed by atoms with Gasteiger partial charge in [0.05, 0.1) is 0 Å². The fourth-order valence-corrected chi connectivity index (χ4v) is 2.32. The topological polar surface area (TPSA) is 34.1 Å². The predicted molar refractivity (Wildman–Crippen MR) is 82.0 cm³/mol. The number of hydrogen-bond donors (Lipinski definition) is 1. The van der Waals surface area contributed by atoms with Crippen molar-refractivity contribution in [3.8, 4) is 5.75 Å². The van der Waals surface area contributed by atoms with E-state index in [0.717, 1.165) is 23.2 Å². The van der Waals surface area contributed by atoms with Crippen LogP contribution in [0.5, 0.6) is 5.75 Å². The molecule has 0 spiro atoms. The molecule has 0 saturated heterocycles. The van der Waals surface area contributed by atoms with E-state index < -0.39 is 0 Å². The molecule has 0 radical (unpaired) electrons. The summed E-state index contributed by atoms with van der Waals surface area (Å²) in [5.74, 6) is 1.36. The lowest BCUT2D eigenvalue weighted by atomic mass is 10.1. The summed E-state index contributed by atoms with van der Waals surface area (Å²) in [4.78, 5) is 4.46. The minimum atomic E-state index is 0.184. The summed E-state index contributed by atoms with van der Waals surface area (Å²) in [6, 6.07) is 10.9. The summed E-state index contributed by atoms with van der Waals surface area (Å²) in [7, 11) is 0. The first-order chi connectivity index (χ1) is 9.74. The normalized spacial score (nSPS) is 16.6. The maximum atomic E-state index is 6.24. The second-order valence-electron chi connectivity index (χ2n) is 5.91. The second-order valence-corrected chi connectivity index (χ2v) is 5.91. The van der Waals surface area contributed by atoms with Gasteiger partial charge in [-0.3, -0.25) is 4.98 Å². The van der Waals surface area contributed by atoms with Crippen molar-refractivity contribution in [2.24, 2.45) is 5.92 Å². The third-order valence-corrected chi connectivity index (χ3v) is 3.80. The summed E-state index contributed by atoms with van der Waals surface area (Å²) >= 11 is 0. The van der Waals surface area contributed by atoms with Gasteiger partial charge in [-0.15, -0.1) is 0 Å². The molecule has 3 heteroatoms. The lowest BCUT2D eigenvalue weighted by Gasteiger charge is -2.23. The number of nitrogens with one attached hydrogen (secondary N) is 1. The van der Waals surface area contributed by atoms with Crippen molar-refractivity contribution >= 4 is 10.9 Å². The van der Waals surface area contributed by atoms with Crippen molar-refractivity contribution in [3.05, 3.63) is 36.5 Å². The van der Waals surface area contributed by atoms with E-state index in [1.165, 1.54) is 12.8 Å². The maximum absolute atomic E-state index is 6.24. The number of rotatable bonds is 6. The fraction of sp³-hybridized carbons (Fsp3) is 0.471. The molecule has 1 aromatic carbocycles. The maximum Gasteiger partial charge on any atom is 0.146 e. The van der Waals surface area contributed by atoms with Crippen LogP contribution >= 0.6 is 0 Å². The standard InChI is InChI=1S/C17H22N2O/c1-12(2)16(11-19-14-8-9-14)20-15-7-3-5-13-6-4-10-18-17(13)15/h3-7,10,12,14,16,19H,8-9,11H2,1-2H3. The lowest BCUT2D eigenvalue weighted by Crippen LogP contribution is -2.36. The Labute approximate surface area is 120 Å². The van der Waals surface area contributed by atoms with Crippen LogP contribution in [0.15, 0.2) is 36.5 Å². The van der Waals surface area contributed by atoms with E-state index in [-0.39, 0.29) is 6.10 Å². The van der Waals surface area contributed by atoms with Crippen LogP contribution in [0.4, 0.5) is 0 Å². The van der Waals surface area contributed by atoms with Gasteiger partial charge in [0.1, 0.15) is 17.4 Å². The molecule has 106 valence electrons. The van der Waals surface area contributed by atoms with E-state index in [1.807, 2.05) is 24.4 Å². The molecule has 0 aliphatic heterocycles. The number of benzene rings is 1. The Morgan fingerprint density at radius 1 is 1.25 bits per heavy atom. The molecule has 1 aliphatic rings. The average molecular weight is 270 g/mol.